The van der Waals surface area contributed by atoms with Crippen LogP contribution in [0.25, 0.3) is 0 Å². The molecule has 1 amide bonds. The number of carbonyl (C=O) groups excluding carboxylic acids is 1. The summed E-state index contributed by atoms with van der Waals surface area (Å²) in [4.78, 5) is 18.6. The number of nitrogens with zero attached hydrogens (tertiary/aromatic N) is 3. The van der Waals surface area contributed by atoms with Gasteiger partial charge in [-0.25, -0.2) is 4.98 Å². The zero-order valence-electron chi connectivity index (χ0n) is 14.1. The quantitative estimate of drug-likeness (QED) is 0.845. The molecular weight excluding hydrogens is 292 g/mol. The Hall–Kier alpha value is -2.34. The first-order valence-corrected chi connectivity index (χ1v) is 7.55. The first kappa shape index (κ1) is 17.0. The van der Waals surface area contributed by atoms with E-state index in [1.807, 2.05) is 61.1 Å². The molecule has 23 heavy (non-hydrogen) atoms. The second kappa shape index (κ2) is 7.78. The summed E-state index contributed by atoms with van der Waals surface area (Å²) in [6, 6.07) is 7.82. The van der Waals surface area contributed by atoms with Crippen molar-refractivity contribution in [3.05, 3.63) is 48.0 Å². The van der Waals surface area contributed by atoms with Gasteiger partial charge in [-0.1, -0.05) is 12.1 Å². The second-order valence-corrected chi connectivity index (χ2v) is 5.63. The van der Waals surface area contributed by atoms with E-state index < -0.39 is 0 Å². The lowest BCUT2D eigenvalue weighted by Crippen LogP contribution is -2.31. The number of hydrogen-bond donors (Lipinski definition) is 1. The van der Waals surface area contributed by atoms with E-state index >= 15 is 0 Å². The minimum absolute atomic E-state index is 0.0588. The molecule has 0 saturated heterocycles. The molecule has 0 aliphatic rings. The van der Waals surface area contributed by atoms with Gasteiger partial charge in [-0.2, -0.15) is 0 Å². The summed E-state index contributed by atoms with van der Waals surface area (Å²) < 4.78 is 6.89. The highest BCUT2D eigenvalue weighted by molar-refractivity contribution is 5.77. The molecule has 6 heteroatoms. The Morgan fingerprint density at radius 3 is 2.57 bits per heavy atom. The number of imidazole rings is 1. The fraction of sp³-hybridized carbons (Fsp3) is 0.412. The molecule has 0 aliphatic heterocycles. The summed E-state index contributed by atoms with van der Waals surface area (Å²) in [7, 11) is 7.50. The van der Waals surface area contributed by atoms with Crippen LogP contribution in [0.5, 0.6) is 0 Å². The van der Waals surface area contributed by atoms with Gasteiger partial charge in [-0.3, -0.25) is 4.79 Å². The van der Waals surface area contributed by atoms with Crippen molar-refractivity contribution in [3.63, 3.8) is 0 Å². The van der Waals surface area contributed by atoms with Gasteiger partial charge >= 0.3 is 0 Å². The number of nitrogens with one attached hydrogen (secondary N) is 1. The molecule has 1 N–H and O–H groups in total. The molecule has 0 fully saturated rings. The van der Waals surface area contributed by atoms with Crippen molar-refractivity contribution in [3.8, 4) is 0 Å². The monoisotopic (exact) mass is 316 g/mol. The van der Waals surface area contributed by atoms with Gasteiger partial charge in [0.2, 0.25) is 5.91 Å². The van der Waals surface area contributed by atoms with Crippen LogP contribution in [-0.2, 0) is 16.6 Å². The summed E-state index contributed by atoms with van der Waals surface area (Å²) in [6.45, 7) is 0.401. The number of carbonyl (C=O) groups is 1. The zero-order chi connectivity index (χ0) is 16.8. The Kier molecular flexibility index (Phi) is 5.76. The number of methoxy groups -OCH3 is 1. The lowest BCUT2D eigenvalue weighted by atomic mass is 10.0. The van der Waals surface area contributed by atoms with E-state index in [-0.39, 0.29) is 11.9 Å². The molecule has 1 atom stereocenters. The predicted octanol–water partition coefficient (Wildman–Crippen LogP) is 1.73. The highest BCUT2D eigenvalue weighted by Gasteiger charge is 2.20. The van der Waals surface area contributed by atoms with E-state index in [1.165, 1.54) is 0 Å². The van der Waals surface area contributed by atoms with Crippen molar-refractivity contribution >= 4 is 11.6 Å². The maximum absolute atomic E-state index is 12.1. The van der Waals surface area contributed by atoms with Gasteiger partial charge in [0.1, 0.15) is 11.9 Å². The topological polar surface area (TPSA) is 59.4 Å². The van der Waals surface area contributed by atoms with E-state index in [9.17, 15) is 4.79 Å². The summed E-state index contributed by atoms with van der Waals surface area (Å²) in [5.74, 6) is 0.741. The zero-order valence-corrected chi connectivity index (χ0v) is 14.1. The average Bonchev–Trinajstić information content (AvgIpc) is 2.96. The third-order valence-electron chi connectivity index (χ3n) is 3.70. The summed E-state index contributed by atoms with van der Waals surface area (Å²) >= 11 is 0. The van der Waals surface area contributed by atoms with Gasteiger partial charge in [0.05, 0.1) is 6.61 Å². The maximum Gasteiger partial charge on any atom is 0.223 e. The number of rotatable bonds is 7. The SMILES string of the molecule is COCCC(=O)NC(c1ccc(N(C)C)cc1)c1nccn1C. The lowest BCUT2D eigenvalue weighted by Gasteiger charge is -2.20. The molecule has 124 valence electrons. The van der Waals surface area contributed by atoms with Gasteiger partial charge in [-0.05, 0) is 17.7 Å². The first-order valence-electron chi connectivity index (χ1n) is 7.55. The number of aryl methyl sites for hydroxylation is 1. The number of ether oxygens (including phenoxy) is 1. The molecule has 2 rings (SSSR count). The van der Waals surface area contributed by atoms with Crippen molar-refractivity contribution in [1.82, 2.24) is 14.9 Å². The second-order valence-electron chi connectivity index (χ2n) is 5.63. The number of aromatic nitrogens is 2. The number of amides is 1. The molecular formula is C17H24N4O2. The predicted molar refractivity (Wildman–Crippen MR) is 90.5 cm³/mol. The van der Waals surface area contributed by atoms with Crippen LogP contribution in [0.2, 0.25) is 0 Å². The van der Waals surface area contributed by atoms with Gasteiger partial charge in [0, 0.05) is 52.8 Å². The normalized spacial score (nSPS) is 12.0. The maximum atomic E-state index is 12.1. The van der Waals surface area contributed by atoms with Crippen molar-refractivity contribution in [2.45, 2.75) is 12.5 Å². The molecule has 6 nitrogen and oxygen atoms in total. The summed E-state index contributed by atoms with van der Waals surface area (Å²) in [5, 5.41) is 3.04. The van der Waals surface area contributed by atoms with E-state index in [4.69, 9.17) is 4.74 Å². The van der Waals surface area contributed by atoms with E-state index in [2.05, 4.69) is 10.3 Å². The minimum Gasteiger partial charge on any atom is -0.384 e. The molecule has 0 saturated carbocycles. The number of benzene rings is 1. The third kappa shape index (κ3) is 4.32. The standard InChI is InChI=1S/C17H24N4O2/c1-20(2)14-7-5-13(6-8-14)16(17-18-10-11-21(17)3)19-15(22)9-12-23-4/h5-8,10-11,16H,9,12H2,1-4H3,(H,19,22). The van der Waals surface area contributed by atoms with Crippen molar-refractivity contribution in [1.29, 1.82) is 0 Å². The fourth-order valence-electron chi connectivity index (χ4n) is 2.35. The molecule has 0 radical (unpaired) electrons. The van der Waals surface area contributed by atoms with E-state index in [0.717, 1.165) is 17.1 Å². The average molecular weight is 316 g/mol. The van der Waals surface area contributed by atoms with E-state index in [0.29, 0.717) is 13.0 Å². The van der Waals surface area contributed by atoms with E-state index in [1.54, 1.807) is 13.3 Å². The van der Waals surface area contributed by atoms with Gasteiger partial charge in [0.25, 0.3) is 0 Å². The van der Waals surface area contributed by atoms with Crippen molar-refractivity contribution in [2.24, 2.45) is 7.05 Å². The Morgan fingerprint density at radius 1 is 1.35 bits per heavy atom. The smallest absolute Gasteiger partial charge is 0.223 e. The molecule has 0 spiro atoms. The van der Waals surface area contributed by atoms with Gasteiger partial charge in [0.15, 0.2) is 0 Å². The van der Waals surface area contributed by atoms with Crippen molar-refractivity contribution in [2.75, 3.05) is 32.7 Å². The Morgan fingerprint density at radius 2 is 2.04 bits per heavy atom. The molecule has 0 bridgehead atoms. The number of hydrogen-bond acceptors (Lipinski definition) is 4. The lowest BCUT2D eigenvalue weighted by molar-refractivity contribution is -0.122. The van der Waals surface area contributed by atoms with Crippen LogP contribution in [0.3, 0.4) is 0 Å². The summed E-state index contributed by atoms with van der Waals surface area (Å²) in [6.07, 6.45) is 3.93. The molecule has 1 aromatic heterocycles. The van der Waals surface area contributed by atoms with Crippen LogP contribution in [0.4, 0.5) is 5.69 Å². The van der Waals surface area contributed by atoms with Gasteiger partial charge < -0.3 is 19.5 Å². The largest absolute Gasteiger partial charge is 0.384 e. The molecule has 1 heterocycles. The van der Waals surface area contributed by atoms with Crippen LogP contribution < -0.4 is 10.2 Å². The summed E-state index contributed by atoms with van der Waals surface area (Å²) in [5.41, 5.74) is 2.11. The van der Waals surface area contributed by atoms with Crippen LogP contribution in [0.1, 0.15) is 23.9 Å². The minimum atomic E-state index is -0.282. The van der Waals surface area contributed by atoms with Crippen LogP contribution in [-0.4, -0.2) is 43.3 Å². The highest BCUT2D eigenvalue weighted by Crippen LogP contribution is 2.23. The molecule has 1 unspecified atom stereocenters. The van der Waals surface area contributed by atoms with Crippen LogP contribution in [0, 0.1) is 0 Å². The molecule has 2 aromatic rings. The molecule has 0 aliphatic carbocycles. The fourth-order valence-corrected chi connectivity index (χ4v) is 2.35. The Bertz CT molecular complexity index is 634. The van der Waals surface area contributed by atoms with Crippen molar-refractivity contribution < 1.29 is 9.53 Å². The molecule has 1 aromatic carbocycles. The number of anilines is 1. The van der Waals surface area contributed by atoms with Gasteiger partial charge in [-0.15, -0.1) is 0 Å². The Labute approximate surface area is 137 Å². The third-order valence-corrected chi connectivity index (χ3v) is 3.70. The first-order chi connectivity index (χ1) is 11.0. The highest BCUT2D eigenvalue weighted by atomic mass is 16.5. The Balaban J connectivity index is 2.26. The van der Waals surface area contributed by atoms with Crippen LogP contribution in [0.15, 0.2) is 36.7 Å². The van der Waals surface area contributed by atoms with Crippen LogP contribution >= 0.6 is 0 Å².